The lowest BCUT2D eigenvalue weighted by molar-refractivity contribution is -0.115. The maximum absolute atomic E-state index is 14.1. The molecule has 0 bridgehead atoms. The van der Waals surface area contributed by atoms with Crippen molar-refractivity contribution in [2.45, 2.75) is 57.7 Å². The largest absolute Gasteiger partial charge is 0.480 e. The number of carbonyl (C=O) groups is 2. The van der Waals surface area contributed by atoms with Crippen LogP contribution in [0.4, 0.5) is 15.8 Å². The summed E-state index contributed by atoms with van der Waals surface area (Å²) in [5.74, 6) is 0.127. The number of anilines is 2. The minimum absolute atomic E-state index is 0.141. The van der Waals surface area contributed by atoms with Crippen LogP contribution >= 0.6 is 11.8 Å². The molecule has 3 rings (SSSR count). The number of halogens is 1. The summed E-state index contributed by atoms with van der Waals surface area (Å²) in [5.41, 5.74) is 1.17. The molecule has 8 nitrogen and oxygen atoms in total. The Hall–Kier alpha value is -3.40. The van der Waals surface area contributed by atoms with Gasteiger partial charge in [0, 0.05) is 24.8 Å². The number of thioether (sulfide) groups is 1. The van der Waals surface area contributed by atoms with Crippen LogP contribution in [0, 0.1) is 11.7 Å². The summed E-state index contributed by atoms with van der Waals surface area (Å²) in [4.78, 5) is 24.2. The molecular weight excluding hydrogens is 469 g/mol. The van der Waals surface area contributed by atoms with Crippen LogP contribution in [-0.2, 0) is 16.1 Å². The lowest BCUT2D eigenvalue weighted by Crippen LogP contribution is -2.23. The molecule has 2 atom stereocenters. The van der Waals surface area contributed by atoms with E-state index in [1.165, 1.54) is 24.8 Å². The molecule has 2 N–H and O–H groups in total. The molecule has 0 aliphatic carbocycles. The van der Waals surface area contributed by atoms with Gasteiger partial charge in [-0.2, -0.15) is 0 Å². The second-order valence-corrected chi connectivity index (χ2v) is 9.86. The molecule has 2 amide bonds. The van der Waals surface area contributed by atoms with E-state index in [0.717, 1.165) is 0 Å². The Morgan fingerprint density at radius 3 is 2.37 bits per heavy atom. The maximum atomic E-state index is 14.1. The lowest BCUT2D eigenvalue weighted by Gasteiger charge is -2.19. The van der Waals surface area contributed by atoms with Gasteiger partial charge in [-0.25, -0.2) is 4.39 Å². The number of amides is 2. The van der Waals surface area contributed by atoms with E-state index in [4.69, 9.17) is 4.74 Å². The van der Waals surface area contributed by atoms with Crippen molar-refractivity contribution in [1.82, 2.24) is 14.8 Å². The number of ether oxygens (including phenoxy) is 1. The molecule has 2 aromatic carbocycles. The summed E-state index contributed by atoms with van der Waals surface area (Å²) in [6.07, 6.45) is -0.548. The summed E-state index contributed by atoms with van der Waals surface area (Å²) in [5, 5.41) is 14.3. The van der Waals surface area contributed by atoms with Gasteiger partial charge in [0.15, 0.2) is 28.7 Å². The summed E-state index contributed by atoms with van der Waals surface area (Å²) >= 11 is 1.28. The molecule has 0 aliphatic heterocycles. The van der Waals surface area contributed by atoms with E-state index in [1.807, 2.05) is 4.57 Å². The highest BCUT2D eigenvalue weighted by molar-refractivity contribution is 8.00. The van der Waals surface area contributed by atoms with Gasteiger partial charge in [-0.15, -0.1) is 10.2 Å². The van der Waals surface area contributed by atoms with Gasteiger partial charge in [-0.05, 0) is 50.1 Å². The fraction of sp³-hybridized carbons (Fsp3) is 0.360. The van der Waals surface area contributed by atoms with Crippen LogP contribution in [0.25, 0.3) is 0 Å². The zero-order valence-corrected chi connectivity index (χ0v) is 21.2. The highest BCUT2D eigenvalue weighted by Crippen LogP contribution is 2.29. The molecular formula is C25H30FN5O3S. The predicted molar refractivity (Wildman–Crippen MR) is 135 cm³/mol. The lowest BCUT2D eigenvalue weighted by atomic mass is 10.2. The van der Waals surface area contributed by atoms with Crippen molar-refractivity contribution in [1.29, 1.82) is 0 Å². The Morgan fingerprint density at radius 2 is 1.71 bits per heavy atom. The highest BCUT2D eigenvalue weighted by atomic mass is 32.2. The molecule has 10 heteroatoms. The van der Waals surface area contributed by atoms with Gasteiger partial charge in [0.2, 0.25) is 11.8 Å². The van der Waals surface area contributed by atoms with Crippen LogP contribution < -0.4 is 15.4 Å². The predicted octanol–water partition coefficient (Wildman–Crippen LogP) is 5.29. The van der Waals surface area contributed by atoms with Crippen LogP contribution in [0.2, 0.25) is 0 Å². The summed E-state index contributed by atoms with van der Waals surface area (Å²) in [6.45, 7) is 9.75. The van der Waals surface area contributed by atoms with Crippen LogP contribution in [0.3, 0.4) is 0 Å². The SMILES string of the molecule is CC(=O)Nc1cccc(NC(=O)C(C)Sc2nnc(C(C)Oc3ccccc3F)n2CC(C)C)c1. The normalized spacial score (nSPS) is 12.8. The van der Waals surface area contributed by atoms with E-state index < -0.39 is 17.2 Å². The quantitative estimate of drug-likeness (QED) is 0.368. The molecule has 0 fully saturated rings. The minimum atomic E-state index is -0.548. The Kier molecular flexibility index (Phi) is 8.86. The summed E-state index contributed by atoms with van der Waals surface area (Å²) in [6, 6.07) is 13.2. The standard InChI is InChI=1S/C25H30FN5O3S/c1-15(2)14-31-23(16(3)34-22-12-7-6-11-21(22)26)29-30-25(31)35-17(4)24(33)28-20-10-8-9-19(13-20)27-18(5)32/h6-13,15-17H,14H2,1-5H3,(H,27,32)(H,28,33). The van der Waals surface area contributed by atoms with Crippen molar-refractivity contribution in [2.75, 3.05) is 10.6 Å². The number of nitrogens with one attached hydrogen (secondary N) is 2. The topological polar surface area (TPSA) is 98.1 Å². The van der Waals surface area contributed by atoms with Crippen LogP contribution in [0.1, 0.15) is 46.5 Å². The van der Waals surface area contributed by atoms with Crippen molar-refractivity contribution in [3.8, 4) is 5.75 Å². The first-order valence-electron chi connectivity index (χ1n) is 11.3. The molecule has 0 aliphatic rings. The molecule has 35 heavy (non-hydrogen) atoms. The molecule has 0 saturated carbocycles. The number of rotatable bonds is 10. The van der Waals surface area contributed by atoms with Crippen molar-refractivity contribution < 1.29 is 18.7 Å². The number of aromatic nitrogens is 3. The van der Waals surface area contributed by atoms with E-state index in [2.05, 4.69) is 34.7 Å². The number of para-hydroxylation sites is 1. The zero-order chi connectivity index (χ0) is 25.5. The third kappa shape index (κ3) is 7.29. The van der Waals surface area contributed by atoms with Crippen LogP contribution in [0.5, 0.6) is 5.75 Å². The van der Waals surface area contributed by atoms with Gasteiger partial charge in [-0.1, -0.05) is 43.8 Å². The highest BCUT2D eigenvalue weighted by Gasteiger charge is 2.24. The number of carbonyl (C=O) groups excluding carboxylic acids is 2. The Labute approximate surface area is 208 Å². The van der Waals surface area contributed by atoms with Crippen molar-refractivity contribution in [2.24, 2.45) is 5.92 Å². The van der Waals surface area contributed by atoms with Crippen LogP contribution in [-0.4, -0.2) is 31.8 Å². The number of benzene rings is 2. The maximum Gasteiger partial charge on any atom is 0.237 e. The van der Waals surface area contributed by atoms with Gasteiger partial charge < -0.3 is 19.9 Å². The number of nitrogens with zero attached hydrogens (tertiary/aromatic N) is 3. The van der Waals surface area contributed by atoms with Gasteiger partial charge in [0.25, 0.3) is 0 Å². The van der Waals surface area contributed by atoms with E-state index >= 15 is 0 Å². The molecule has 0 spiro atoms. The number of hydrogen-bond acceptors (Lipinski definition) is 6. The Balaban J connectivity index is 1.74. The van der Waals surface area contributed by atoms with Gasteiger partial charge in [0.1, 0.15) is 0 Å². The molecule has 0 radical (unpaired) electrons. The van der Waals surface area contributed by atoms with Crippen molar-refractivity contribution in [3.05, 3.63) is 60.2 Å². The molecule has 2 unspecified atom stereocenters. The molecule has 0 saturated heterocycles. The average Bonchev–Trinajstić information content (AvgIpc) is 3.16. The van der Waals surface area contributed by atoms with E-state index in [-0.39, 0.29) is 23.5 Å². The molecule has 3 aromatic rings. The second-order valence-electron chi connectivity index (χ2n) is 8.55. The zero-order valence-electron chi connectivity index (χ0n) is 20.4. The fourth-order valence-electron chi connectivity index (χ4n) is 3.34. The van der Waals surface area contributed by atoms with Crippen molar-refractivity contribution >= 4 is 35.0 Å². The van der Waals surface area contributed by atoms with Crippen molar-refractivity contribution in [3.63, 3.8) is 0 Å². The average molecular weight is 500 g/mol. The van der Waals surface area contributed by atoms with Gasteiger partial charge in [-0.3, -0.25) is 9.59 Å². The number of hydrogen-bond donors (Lipinski definition) is 2. The summed E-state index contributed by atoms with van der Waals surface area (Å²) in [7, 11) is 0. The second kappa shape index (κ2) is 11.8. The monoisotopic (exact) mass is 499 g/mol. The van der Waals surface area contributed by atoms with E-state index in [1.54, 1.807) is 56.3 Å². The van der Waals surface area contributed by atoms with Crippen LogP contribution in [0.15, 0.2) is 53.7 Å². The first-order valence-corrected chi connectivity index (χ1v) is 12.2. The first-order chi connectivity index (χ1) is 16.6. The Morgan fingerprint density at radius 1 is 1.03 bits per heavy atom. The van der Waals surface area contributed by atoms with Gasteiger partial charge >= 0.3 is 0 Å². The fourth-order valence-corrected chi connectivity index (χ4v) is 4.21. The summed E-state index contributed by atoms with van der Waals surface area (Å²) < 4.78 is 21.8. The van der Waals surface area contributed by atoms with E-state index in [9.17, 15) is 14.0 Å². The van der Waals surface area contributed by atoms with E-state index in [0.29, 0.717) is 28.9 Å². The Bertz CT molecular complexity index is 1180. The first kappa shape index (κ1) is 26.2. The molecule has 186 valence electrons. The smallest absolute Gasteiger partial charge is 0.237 e. The molecule has 1 heterocycles. The minimum Gasteiger partial charge on any atom is -0.480 e. The molecule has 1 aromatic heterocycles. The van der Waals surface area contributed by atoms with Gasteiger partial charge in [0.05, 0.1) is 5.25 Å². The third-order valence-electron chi connectivity index (χ3n) is 4.90. The third-order valence-corrected chi connectivity index (χ3v) is 5.98.